The van der Waals surface area contributed by atoms with Crippen molar-refractivity contribution in [1.29, 1.82) is 0 Å². The monoisotopic (exact) mass is 408 g/mol. The molecule has 0 aliphatic rings. The fourth-order valence-corrected chi connectivity index (χ4v) is 3.26. The zero-order valence-corrected chi connectivity index (χ0v) is 18.4. The van der Waals surface area contributed by atoms with Gasteiger partial charge in [0.05, 0.1) is 0 Å². The third-order valence-corrected chi connectivity index (χ3v) is 4.56. The molecule has 0 saturated carbocycles. The standard InChI is InChI=1S/C23H34ClFN2O/c1-7-8-18(10-9-16(2)11-22(28)27-23(4,5)6)15-26-17(3)19-12-20(24)14-21(25)13-19/h12-14,18,26H,2-3,7-11,15H2,1,4-6H3,(H,27,28). The molecule has 3 nitrogen and oxygen atoms in total. The summed E-state index contributed by atoms with van der Waals surface area (Å²) in [5.41, 5.74) is 2.03. The van der Waals surface area contributed by atoms with Crippen LogP contribution in [-0.4, -0.2) is 18.0 Å². The minimum atomic E-state index is -0.375. The van der Waals surface area contributed by atoms with Crippen LogP contribution >= 0.6 is 11.6 Å². The number of benzene rings is 1. The first-order valence-electron chi connectivity index (χ1n) is 9.87. The van der Waals surface area contributed by atoms with Crippen molar-refractivity contribution in [3.63, 3.8) is 0 Å². The number of rotatable bonds is 11. The molecular weight excluding hydrogens is 375 g/mol. The normalized spacial score (nSPS) is 12.4. The molecule has 1 aromatic carbocycles. The summed E-state index contributed by atoms with van der Waals surface area (Å²) in [6, 6.07) is 4.40. The van der Waals surface area contributed by atoms with Crippen molar-refractivity contribution in [1.82, 2.24) is 10.6 Å². The van der Waals surface area contributed by atoms with Gasteiger partial charge in [-0.1, -0.05) is 43.7 Å². The Kier molecular flexibility index (Phi) is 9.74. The second-order valence-electron chi connectivity index (χ2n) is 8.44. The van der Waals surface area contributed by atoms with E-state index in [4.69, 9.17) is 11.6 Å². The second kappa shape index (κ2) is 11.3. The fourth-order valence-electron chi connectivity index (χ4n) is 3.04. The van der Waals surface area contributed by atoms with E-state index in [-0.39, 0.29) is 17.3 Å². The van der Waals surface area contributed by atoms with E-state index < -0.39 is 0 Å². The van der Waals surface area contributed by atoms with E-state index in [1.54, 1.807) is 6.07 Å². The van der Waals surface area contributed by atoms with Crippen molar-refractivity contribution in [3.8, 4) is 0 Å². The third kappa shape index (κ3) is 9.93. The van der Waals surface area contributed by atoms with Crippen LogP contribution in [0.3, 0.4) is 0 Å². The maximum Gasteiger partial charge on any atom is 0.224 e. The molecule has 0 aliphatic heterocycles. The number of carbonyl (C=O) groups is 1. The van der Waals surface area contributed by atoms with E-state index in [1.165, 1.54) is 12.1 Å². The Labute approximate surface area is 174 Å². The lowest BCUT2D eigenvalue weighted by Gasteiger charge is -2.22. The van der Waals surface area contributed by atoms with Crippen LogP contribution in [0.4, 0.5) is 4.39 Å². The van der Waals surface area contributed by atoms with Gasteiger partial charge in [-0.05, 0) is 64.2 Å². The molecule has 1 aromatic rings. The molecule has 1 atom stereocenters. The SMILES string of the molecule is C=C(CCC(CCC)CNC(=C)c1cc(F)cc(Cl)c1)CC(=O)NC(C)(C)C. The van der Waals surface area contributed by atoms with Crippen LogP contribution in [0.2, 0.25) is 5.02 Å². The Balaban J connectivity index is 2.51. The molecule has 0 aromatic heterocycles. The fraction of sp³-hybridized carbons (Fsp3) is 0.522. The average Bonchev–Trinajstić information content (AvgIpc) is 2.54. The number of carbonyl (C=O) groups excluding carboxylic acids is 1. The average molecular weight is 409 g/mol. The predicted molar refractivity (Wildman–Crippen MR) is 118 cm³/mol. The van der Waals surface area contributed by atoms with Gasteiger partial charge in [0.2, 0.25) is 5.91 Å². The molecular formula is C23H34ClFN2O. The van der Waals surface area contributed by atoms with Gasteiger partial charge in [0, 0.05) is 34.8 Å². The summed E-state index contributed by atoms with van der Waals surface area (Å²) in [5.74, 6) is 0.0626. The topological polar surface area (TPSA) is 41.1 Å². The maximum absolute atomic E-state index is 13.5. The molecule has 0 bridgehead atoms. The number of hydrogen-bond acceptors (Lipinski definition) is 2. The van der Waals surface area contributed by atoms with Crippen molar-refractivity contribution in [3.05, 3.63) is 53.3 Å². The summed E-state index contributed by atoms with van der Waals surface area (Å²) in [6.45, 7) is 16.9. The largest absolute Gasteiger partial charge is 0.385 e. The van der Waals surface area contributed by atoms with Crippen LogP contribution < -0.4 is 10.6 Å². The van der Waals surface area contributed by atoms with Crippen LogP contribution in [0.5, 0.6) is 0 Å². The van der Waals surface area contributed by atoms with Crippen LogP contribution in [0.25, 0.3) is 5.70 Å². The zero-order chi connectivity index (χ0) is 21.3. The third-order valence-electron chi connectivity index (χ3n) is 4.34. The molecule has 5 heteroatoms. The van der Waals surface area contributed by atoms with E-state index >= 15 is 0 Å². The van der Waals surface area contributed by atoms with Gasteiger partial charge in [0.25, 0.3) is 0 Å². The molecule has 1 unspecified atom stereocenters. The van der Waals surface area contributed by atoms with Crippen molar-refractivity contribution in [2.24, 2.45) is 5.92 Å². The lowest BCUT2D eigenvalue weighted by Crippen LogP contribution is -2.40. The molecule has 28 heavy (non-hydrogen) atoms. The van der Waals surface area contributed by atoms with Crippen molar-refractivity contribution in [2.75, 3.05) is 6.54 Å². The smallest absolute Gasteiger partial charge is 0.224 e. The molecule has 0 saturated heterocycles. The van der Waals surface area contributed by atoms with E-state index in [1.807, 2.05) is 20.8 Å². The molecule has 0 fully saturated rings. The molecule has 1 amide bonds. The second-order valence-corrected chi connectivity index (χ2v) is 8.87. The van der Waals surface area contributed by atoms with Gasteiger partial charge in [0.1, 0.15) is 5.82 Å². The van der Waals surface area contributed by atoms with Gasteiger partial charge in [-0.2, -0.15) is 0 Å². The van der Waals surface area contributed by atoms with Crippen LogP contribution in [0, 0.1) is 11.7 Å². The zero-order valence-electron chi connectivity index (χ0n) is 17.6. The molecule has 0 spiro atoms. The lowest BCUT2D eigenvalue weighted by atomic mass is 9.94. The molecule has 0 aliphatic carbocycles. The Bertz CT molecular complexity index is 674. The van der Waals surface area contributed by atoms with Crippen molar-refractivity contribution >= 4 is 23.2 Å². The van der Waals surface area contributed by atoms with Crippen LogP contribution in [0.1, 0.15) is 65.4 Å². The molecule has 0 radical (unpaired) electrons. The Morgan fingerprint density at radius 1 is 1.21 bits per heavy atom. The molecule has 156 valence electrons. The Morgan fingerprint density at radius 2 is 1.89 bits per heavy atom. The first kappa shape index (κ1) is 24.2. The summed E-state index contributed by atoms with van der Waals surface area (Å²) >= 11 is 5.92. The Hall–Kier alpha value is -1.81. The van der Waals surface area contributed by atoms with Crippen molar-refractivity contribution < 1.29 is 9.18 Å². The number of hydrogen-bond donors (Lipinski definition) is 2. The predicted octanol–water partition coefficient (Wildman–Crippen LogP) is 6.10. The summed E-state index contributed by atoms with van der Waals surface area (Å²) < 4.78 is 13.5. The summed E-state index contributed by atoms with van der Waals surface area (Å²) in [5, 5.41) is 6.62. The van der Waals surface area contributed by atoms with E-state index in [0.29, 0.717) is 28.6 Å². The van der Waals surface area contributed by atoms with E-state index in [0.717, 1.165) is 37.8 Å². The highest BCUT2D eigenvalue weighted by Gasteiger charge is 2.15. The van der Waals surface area contributed by atoms with Gasteiger partial charge in [-0.25, -0.2) is 4.39 Å². The van der Waals surface area contributed by atoms with Crippen molar-refractivity contribution in [2.45, 2.75) is 65.3 Å². The minimum absolute atomic E-state index is 0.0130. The highest BCUT2D eigenvalue weighted by molar-refractivity contribution is 6.30. The summed E-state index contributed by atoms with van der Waals surface area (Å²) in [6.07, 6.45) is 4.24. The quantitative estimate of drug-likeness (QED) is 0.434. The van der Waals surface area contributed by atoms with Gasteiger partial charge in [-0.15, -0.1) is 0 Å². The number of amides is 1. The van der Waals surface area contributed by atoms with Gasteiger partial charge in [-0.3, -0.25) is 4.79 Å². The maximum atomic E-state index is 13.5. The number of nitrogens with one attached hydrogen (secondary N) is 2. The van der Waals surface area contributed by atoms with E-state index in [2.05, 4.69) is 30.7 Å². The molecule has 2 N–H and O–H groups in total. The summed E-state index contributed by atoms with van der Waals surface area (Å²) in [7, 11) is 0. The highest BCUT2D eigenvalue weighted by atomic mass is 35.5. The minimum Gasteiger partial charge on any atom is -0.385 e. The molecule has 0 heterocycles. The van der Waals surface area contributed by atoms with Crippen LogP contribution in [0.15, 0.2) is 36.9 Å². The van der Waals surface area contributed by atoms with E-state index in [9.17, 15) is 9.18 Å². The van der Waals surface area contributed by atoms with Gasteiger partial charge in [0.15, 0.2) is 0 Å². The van der Waals surface area contributed by atoms with Gasteiger partial charge < -0.3 is 10.6 Å². The lowest BCUT2D eigenvalue weighted by molar-refractivity contribution is -0.121. The van der Waals surface area contributed by atoms with Gasteiger partial charge >= 0.3 is 0 Å². The first-order chi connectivity index (χ1) is 13.0. The van der Waals surface area contributed by atoms with Crippen LogP contribution in [-0.2, 0) is 4.79 Å². The summed E-state index contributed by atoms with van der Waals surface area (Å²) in [4.78, 5) is 12.0. The Morgan fingerprint density at radius 3 is 2.46 bits per heavy atom. The highest BCUT2D eigenvalue weighted by Crippen LogP contribution is 2.21. The first-order valence-corrected chi connectivity index (χ1v) is 10.2. The number of halogens is 2. The molecule has 1 rings (SSSR count).